The van der Waals surface area contributed by atoms with E-state index in [9.17, 15) is 4.79 Å². The highest BCUT2D eigenvalue weighted by atomic mass is 16.5. The molecule has 27 heavy (non-hydrogen) atoms. The molecule has 3 aromatic rings. The predicted octanol–water partition coefficient (Wildman–Crippen LogP) is 4.37. The van der Waals surface area contributed by atoms with Crippen LogP contribution >= 0.6 is 0 Å². The lowest BCUT2D eigenvalue weighted by molar-refractivity contribution is -0.115. The number of benzene rings is 2. The molecule has 4 rings (SSSR count). The summed E-state index contributed by atoms with van der Waals surface area (Å²) in [6, 6.07) is 17.3. The first kappa shape index (κ1) is 17.3. The summed E-state index contributed by atoms with van der Waals surface area (Å²) in [6.45, 7) is 0. The first-order chi connectivity index (χ1) is 13.3. The van der Waals surface area contributed by atoms with Crippen molar-refractivity contribution in [2.45, 2.75) is 38.2 Å². The summed E-state index contributed by atoms with van der Waals surface area (Å²) < 4.78 is 7.74. The minimum Gasteiger partial charge on any atom is -0.490 e. The minimum atomic E-state index is -0.0358. The zero-order valence-corrected chi connectivity index (χ0v) is 15.2. The first-order valence-corrected chi connectivity index (χ1v) is 9.42. The fourth-order valence-electron chi connectivity index (χ4n) is 3.39. The maximum absolute atomic E-state index is 12.3. The van der Waals surface area contributed by atoms with E-state index in [4.69, 9.17) is 4.74 Å². The number of hydrogen-bond donors (Lipinski definition) is 1. The van der Waals surface area contributed by atoms with Gasteiger partial charge in [0.1, 0.15) is 5.75 Å². The van der Waals surface area contributed by atoms with E-state index in [2.05, 4.69) is 10.4 Å². The van der Waals surface area contributed by atoms with Gasteiger partial charge in [-0.25, -0.2) is 4.68 Å². The Hall–Kier alpha value is -3.08. The third-order valence-electron chi connectivity index (χ3n) is 4.81. The van der Waals surface area contributed by atoms with Gasteiger partial charge in [0.25, 0.3) is 0 Å². The number of carbonyl (C=O) groups is 1. The number of rotatable bonds is 6. The van der Waals surface area contributed by atoms with Crippen molar-refractivity contribution in [1.82, 2.24) is 9.78 Å². The quantitative estimate of drug-likeness (QED) is 0.709. The molecule has 1 fully saturated rings. The Morgan fingerprint density at radius 2 is 1.81 bits per heavy atom. The van der Waals surface area contributed by atoms with Crippen molar-refractivity contribution in [3.8, 4) is 11.4 Å². The molecule has 1 aliphatic carbocycles. The zero-order valence-electron chi connectivity index (χ0n) is 15.2. The number of anilines is 1. The molecule has 0 bridgehead atoms. The van der Waals surface area contributed by atoms with Crippen LogP contribution < -0.4 is 10.1 Å². The third kappa shape index (κ3) is 4.56. The molecule has 1 saturated carbocycles. The number of ether oxygens (including phenoxy) is 1. The summed E-state index contributed by atoms with van der Waals surface area (Å²) in [5.41, 5.74) is 2.72. The maximum Gasteiger partial charge on any atom is 0.228 e. The molecule has 1 N–H and O–H groups in total. The van der Waals surface area contributed by atoms with Gasteiger partial charge in [0.15, 0.2) is 0 Å². The van der Waals surface area contributed by atoms with E-state index in [0.717, 1.165) is 35.5 Å². The summed E-state index contributed by atoms with van der Waals surface area (Å²) in [5.74, 6) is 0.834. The molecule has 2 aromatic carbocycles. The van der Waals surface area contributed by atoms with Crippen LogP contribution in [0.1, 0.15) is 31.2 Å². The number of amides is 1. The highest BCUT2D eigenvalue weighted by molar-refractivity contribution is 5.92. The molecule has 1 amide bonds. The van der Waals surface area contributed by atoms with Crippen molar-refractivity contribution in [3.05, 3.63) is 72.6 Å². The van der Waals surface area contributed by atoms with Gasteiger partial charge in [-0.2, -0.15) is 5.10 Å². The van der Waals surface area contributed by atoms with Crippen LogP contribution in [0.2, 0.25) is 0 Å². The summed E-state index contributed by atoms with van der Waals surface area (Å²) in [6.07, 6.45) is 9.08. The number of hydrogen-bond acceptors (Lipinski definition) is 3. The average molecular weight is 361 g/mol. The fourth-order valence-corrected chi connectivity index (χ4v) is 3.39. The van der Waals surface area contributed by atoms with Crippen LogP contribution in [0.25, 0.3) is 5.69 Å². The van der Waals surface area contributed by atoms with Crippen molar-refractivity contribution in [2.75, 3.05) is 5.32 Å². The van der Waals surface area contributed by atoms with Crippen molar-refractivity contribution >= 4 is 11.6 Å². The molecule has 0 saturated heterocycles. The summed E-state index contributed by atoms with van der Waals surface area (Å²) in [4.78, 5) is 12.3. The standard InChI is InChI=1S/C22H23N3O2/c26-22(16-17-6-10-19(11-7-17)25-15-3-14-23-25)24-18-8-12-21(13-9-18)27-20-4-1-2-5-20/h3,6-15,20H,1-2,4-5,16H2,(H,24,26). The SMILES string of the molecule is O=C(Cc1ccc(-n2cccn2)cc1)Nc1ccc(OC2CCCC2)cc1. The topological polar surface area (TPSA) is 56.2 Å². The normalized spacial score (nSPS) is 14.2. The first-order valence-electron chi connectivity index (χ1n) is 9.42. The summed E-state index contributed by atoms with van der Waals surface area (Å²) in [5, 5.41) is 7.14. The van der Waals surface area contributed by atoms with Crippen LogP contribution in [-0.4, -0.2) is 21.8 Å². The van der Waals surface area contributed by atoms with Gasteiger partial charge in [0.05, 0.1) is 18.2 Å². The second kappa shape index (κ2) is 8.08. The molecular weight excluding hydrogens is 338 g/mol. The lowest BCUT2D eigenvalue weighted by Crippen LogP contribution is -2.14. The molecule has 138 valence electrons. The van der Waals surface area contributed by atoms with Crippen LogP contribution in [0.5, 0.6) is 5.75 Å². The molecule has 0 spiro atoms. The van der Waals surface area contributed by atoms with Crippen LogP contribution in [0.4, 0.5) is 5.69 Å². The van der Waals surface area contributed by atoms with Crippen molar-refractivity contribution in [2.24, 2.45) is 0 Å². The Morgan fingerprint density at radius 3 is 2.48 bits per heavy atom. The number of aromatic nitrogens is 2. The molecule has 0 atom stereocenters. The van der Waals surface area contributed by atoms with E-state index < -0.39 is 0 Å². The molecule has 0 aliphatic heterocycles. The molecular formula is C22H23N3O2. The predicted molar refractivity (Wildman–Crippen MR) is 105 cm³/mol. The van der Waals surface area contributed by atoms with Gasteiger partial charge in [-0.1, -0.05) is 12.1 Å². The minimum absolute atomic E-state index is 0.0358. The van der Waals surface area contributed by atoms with Crippen LogP contribution in [0, 0.1) is 0 Å². The number of carbonyl (C=O) groups excluding carboxylic acids is 1. The van der Waals surface area contributed by atoms with Crippen molar-refractivity contribution in [1.29, 1.82) is 0 Å². The van der Waals surface area contributed by atoms with E-state index in [-0.39, 0.29) is 5.91 Å². The fraction of sp³-hybridized carbons (Fsp3) is 0.273. The molecule has 1 heterocycles. The number of nitrogens with one attached hydrogen (secondary N) is 1. The number of nitrogens with zero attached hydrogens (tertiary/aromatic N) is 2. The largest absolute Gasteiger partial charge is 0.490 e. The second-order valence-corrected chi connectivity index (χ2v) is 6.89. The van der Waals surface area contributed by atoms with E-state index in [1.54, 1.807) is 10.9 Å². The van der Waals surface area contributed by atoms with Gasteiger partial charge in [-0.15, -0.1) is 0 Å². The lowest BCUT2D eigenvalue weighted by atomic mass is 10.1. The van der Waals surface area contributed by atoms with Gasteiger partial charge in [-0.3, -0.25) is 4.79 Å². The highest BCUT2D eigenvalue weighted by Crippen LogP contribution is 2.25. The van der Waals surface area contributed by atoms with E-state index >= 15 is 0 Å². The Bertz CT molecular complexity index is 865. The Labute approximate surface area is 159 Å². The molecule has 1 aromatic heterocycles. The Morgan fingerprint density at radius 1 is 1.07 bits per heavy atom. The summed E-state index contributed by atoms with van der Waals surface area (Å²) >= 11 is 0. The van der Waals surface area contributed by atoms with Gasteiger partial charge >= 0.3 is 0 Å². The van der Waals surface area contributed by atoms with Gasteiger partial charge in [0.2, 0.25) is 5.91 Å². The lowest BCUT2D eigenvalue weighted by Gasteiger charge is -2.13. The third-order valence-corrected chi connectivity index (χ3v) is 4.81. The Balaban J connectivity index is 1.31. The van der Waals surface area contributed by atoms with Crippen molar-refractivity contribution in [3.63, 3.8) is 0 Å². The van der Waals surface area contributed by atoms with E-state index in [0.29, 0.717) is 12.5 Å². The highest BCUT2D eigenvalue weighted by Gasteiger charge is 2.16. The Kier molecular flexibility index (Phi) is 5.19. The van der Waals surface area contributed by atoms with Gasteiger partial charge in [-0.05, 0) is 73.7 Å². The van der Waals surface area contributed by atoms with Crippen molar-refractivity contribution < 1.29 is 9.53 Å². The molecule has 0 radical (unpaired) electrons. The molecule has 0 unspecified atom stereocenters. The van der Waals surface area contributed by atoms with Gasteiger partial charge < -0.3 is 10.1 Å². The van der Waals surface area contributed by atoms with E-state index in [1.165, 1.54) is 12.8 Å². The van der Waals surface area contributed by atoms with Gasteiger partial charge in [0, 0.05) is 18.1 Å². The maximum atomic E-state index is 12.3. The monoisotopic (exact) mass is 361 g/mol. The molecule has 5 heteroatoms. The van der Waals surface area contributed by atoms with E-state index in [1.807, 2.05) is 60.8 Å². The summed E-state index contributed by atoms with van der Waals surface area (Å²) in [7, 11) is 0. The van der Waals surface area contributed by atoms with Crippen LogP contribution in [0.15, 0.2) is 67.0 Å². The second-order valence-electron chi connectivity index (χ2n) is 6.89. The van der Waals surface area contributed by atoms with Crippen LogP contribution in [-0.2, 0) is 11.2 Å². The molecule has 1 aliphatic rings. The average Bonchev–Trinajstić information content (AvgIpc) is 3.38. The smallest absolute Gasteiger partial charge is 0.228 e. The van der Waals surface area contributed by atoms with Crippen LogP contribution in [0.3, 0.4) is 0 Å². The zero-order chi connectivity index (χ0) is 18.5. The molecule has 5 nitrogen and oxygen atoms in total.